The summed E-state index contributed by atoms with van der Waals surface area (Å²) in [7, 11) is -3.52. The Hall–Kier alpha value is -1.14. The average molecular weight is 263 g/mol. The Kier molecular flexibility index (Phi) is 3.88. The molecule has 1 amide bonds. The molecule has 0 unspecified atom stereocenters. The molecule has 1 heterocycles. The highest BCUT2D eigenvalue weighted by molar-refractivity contribution is 7.91. The average Bonchev–Trinajstić information content (AvgIpc) is 2.16. The van der Waals surface area contributed by atoms with E-state index in [9.17, 15) is 13.2 Å². The molecule has 5 nitrogen and oxygen atoms in total. The second-order valence-corrected chi connectivity index (χ2v) is 5.63. The number of nitrogens with zero attached hydrogens (tertiary/aromatic N) is 1. The standard InChI is InChI=1S/C9H11ClN2O3S/c1-2-5-16(14,15)6-3-4-7(10)12-8(6)9(11)13/h3-4H,2,5H2,1H3,(H2,11,13). The van der Waals surface area contributed by atoms with Crippen LogP contribution in [0.1, 0.15) is 23.8 Å². The second kappa shape index (κ2) is 4.80. The molecule has 0 bridgehead atoms. The number of halogens is 1. The van der Waals surface area contributed by atoms with Gasteiger partial charge in [-0.1, -0.05) is 18.5 Å². The Labute approximate surface area is 98.5 Å². The van der Waals surface area contributed by atoms with Gasteiger partial charge in [0.15, 0.2) is 9.84 Å². The predicted molar refractivity (Wildman–Crippen MR) is 60.1 cm³/mol. The number of primary amides is 1. The molecule has 1 aromatic heterocycles. The van der Waals surface area contributed by atoms with Crippen LogP contribution in [0.25, 0.3) is 0 Å². The van der Waals surface area contributed by atoms with Crippen molar-refractivity contribution < 1.29 is 13.2 Å². The molecule has 0 aliphatic carbocycles. The van der Waals surface area contributed by atoms with Crippen molar-refractivity contribution in [3.63, 3.8) is 0 Å². The number of hydrogen-bond acceptors (Lipinski definition) is 4. The molecule has 1 rings (SSSR count). The van der Waals surface area contributed by atoms with Crippen molar-refractivity contribution in [1.29, 1.82) is 0 Å². The third kappa shape index (κ3) is 2.70. The molecule has 0 atom stereocenters. The summed E-state index contributed by atoms with van der Waals surface area (Å²) in [6, 6.07) is 2.57. The Morgan fingerprint density at radius 1 is 1.50 bits per heavy atom. The first kappa shape index (κ1) is 12.9. The number of hydrogen-bond donors (Lipinski definition) is 1. The SMILES string of the molecule is CCCS(=O)(=O)c1ccc(Cl)nc1C(N)=O. The summed E-state index contributed by atoms with van der Waals surface area (Å²) in [5.74, 6) is -0.964. The molecule has 0 aliphatic rings. The van der Waals surface area contributed by atoms with Gasteiger partial charge in [-0.25, -0.2) is 13.4 Å². The fraction of sp³-hybridized carbons (Fsp3) is 0.333. The lowest BCUT2D eigenvalue weighted by Gasteiger charge is -2.06. The number of rotatable bonds is 4. The second-order valence-electron chi connectivity index (χ2n) is 3.16. The van der Waals surface area contributed by atoms with Gasteiger partial charge in [0.05, 0.1) is 10.6 Å². The number of carbonyl (C=O) groups is 1. The Bertz CT molecular complexity index is 513. The molecule has 88 valence electrons. The number of carbonyl (C=O) groups excluding carboxylic acids is 1. The number of amides is 1. The number of sulfone groups is 1. The van der Waals surface area contributed by atoms with Crippen LogP contribution in [0, 0.1) is 0 Å². The number of aromatic nitrogens is 1. The Morgan fingerprint density at radius 3 is 2.62 bits per heavy atom. The quantitative estimate of drug-likeness (QED) is 0.820. The summed E-state index contributed by atoms with van der Waals surface area (Å²) in [5, 5.41) is 0.0317. The van der Waals surface area contributed by atoms with E-state index < -0.39 is 15.7 Å². The fourth-order valence-electron chi connectivity index (χ4n) is 1.23. The highest BCUT2D eigenvalue weighted by Gasteiger charge is 2.22. The van der Waals surface area contributed by atoms with E-state index in [1.165, 1.54) is 12.1 Å². The van der Waals surface area contributed by atoms with Gasteiger partial charge in [-0.2, -0.15) is 0 Å². The summed E-state index contributed by atoms with van der Waals surface area (Å²) in [5.41, 5.74) is 4.75. The van der Waals surface area contributed by atoms with E-state index in [1.807, 2.05) is 0 Å². The van der Waals surface area contributed by atoms with E-state index in [2.05, 4.69) is 4.98 Å². The summed E-state index contributed by atoms with van der Waals surface area (Å²) >= 11 is 5.57. The first-order chi connectivity index (χ1) is 7.38. The van der Waals surface area contributed by atoms with Crippen LogP contribution >= 0.6 is 11.6 Å². The van der Waals surface area contributed by atoms with Crippen molar-refractivity contribution >= 4 is 27.3 Å². The minimum absolute atomic E-state index is 0.0317. The largest absolute Gasteiger partial charge is 0.364 e. The minimum atomic E-state index is -3.52. The van der Waals surface area contributed by atoms with Crippen molar-refractivity contribution in [3.8, 4) is 0 Å². The van der Waals surface area contributed by atoms with E-state index >= 15 is 0 Å². The van der Waals surface area contributed by atoms with Crippen molar-refractivity contribution in [2.75, 3.05) is 5.75 Å². The zero-order valence-corrected chi connectivity index (χ0v) is 10.2. The van der Waals surface area contributed by atoms with Crippen LogP contribution in [0.2, 0.25) is 5.15 Å². The van der Waals surface area contributed by atoms with Gasteiger partial charge in [0.2, 0.25) is 0 Å². The molecule has 7 heteroatoms. The monoisotopic (exact) mass is 262 g/mol. The van der Waals surface area contributed by atoms with Gasteiger partial charge < -0.3 is 5.73 Å². The van der Waals surface area contributed by atoms with E-state index in [0.717, 1.165) is 0 Å². The maximum Gasteiger partial charge on any atom is 0.268 e. The Morgan fingerprint density at radius 2 is 2.12 bits per heavy atom. The van der Waals surface area contributed by atoms with Gasteiger partial charge >= 0.3 is 0 Å². The van der Waals surface area contributed by atoms with Crippen molar-refractivity contribution in [2.24, 2.45) is 5.73 Å². The van der Waals surface area contributed by atoms with Gasteiger partial charge in [-0.05, 0) is 18.6 Å². The van der Waals surface area contributed by atoms with Crippen molar-refractivity contribution in [1.82, 2.24) is 4.98 Å². The molecule has 0 saturated heterocycles. The topological polar surface area (TPSA) is 90.1 Å². The van der Waals surface area contributed by atoms with Crippen LogP contribution in [0.4, 0.5) is 0 Å². The lowest BCUT2D eigenvalue weighted by Crippen LogP contribution is -2.19. The molecule has 0 aliphatic heterocycles. The third-order valence-electron chi connectivity index (χ3n) is 1.87. The first-order valence-electron chi connectivity index (χ1n) is 4.57. The molecule has 0 fully saturated rings. The molecular formula is C9H11ClN2O3S. The normalized spacial score (nSPS) is 11.4. The van der Waals surface area contributed by atoms with Crippen LogP contribution in [0.3, 0.4) is 0 Å². The zero-order chi connectivity index (χ0) is 12.3. The molecule has 1 aromatic rings. The smallest absolute Gasteiger partial charge is 0.268 e. The maximum absolute atomic E-state index is 11.8. The van der Waals surface area contributed by atoms with Crippen LogP contribution in [-0.2, 0) is 9.84 Å². The summed E-state index contributed by atoms with van der Waals surface area (Å²) in [6.07, 6.45) is 0.448. The lowest BCUT2D eigenvalue weighted by atomic mass is 10.3. The highest BCUT2D eigenvalue weighted by Crippen LogP contribution is 2.18. The van der Waals surface area contributed by atoms with Gasteiger partial charge in [-0.15, -0.1) is 0 Å². The first-order valence-corrected chi connectivity index (χ1v) is 6.60. The summed E-state index contributed by atoms with van der Waals surface area (Å²) in [6.45, 7) is 1.73. The van der Waals surface area contributed by atoms with Gasteiger partial charge in [0.1, 0.15) is 10.8 Å². The molecule has 0 spiro atoms. The zero-order valence-electron chi connectivity index (χ0n) is 8.60. The van der Waals surface area contributed by atoms with Gasteiger partial charge in [0, 0.05) is 0 Å². The minimum Gasteiger partial charge on any atom is -0.364 e. The molecular weight excluding hydrogens is 252 g/mol. The van der Waals surface area contributed by atoms with E-state index in [-0.39, 0.29) is 21.5 Å². The maximum atomic E-state index is 11.8. The molecule has 16 heavy (non-hydrogen) atoms. The Balaban J connectivity index is 3.39. The van der Waals surface area contributed by atoms with Gasteiger partial charge in [0.25, 0.3) is 5.91 Å². The molecule has 2 N–H and O–H groups in total. The number of nitrogens with two attached hydrogens (primary N) is 1. The number of pyridine rings is 1. The summed E-state index contributed by atoms with van der Waals surface area (Å²) < 4.78 is 23.6. The highest BCUT2D eigenvalue weighted by atomic mass is 35.5. The molecule has 0 aromatic carbocycles. The van der Waals surface area contributed by atoms with Crippen LogP contribution in [-0.4, -0.2) is 25.1 Å². The van der Waals surface area contributed by atoms with Crippen LogP contribution < -0.4 is 5.73 Å². The lowest BCUT2D eigenvalue weighted by molar-refractivity contribution is 0.0992. The van der Waals surface area contributed by atoms with E-state index in [4.69, 9.17) is 17.3 Å². The van der Waals surface area contributed by atoms with Crippen LogP contribution in [0.5, 0.6) is 0 Å². The third-order valence-corrected chi connectivity index (χ3v) is 4.02. The van der Waals surface area contributed by atoms with Crippen LogP contribution in [0.15, 0.2) is 17.0 Å². The van der Waals surface area contributed by atoms with Crippen molar-refractivity contribution in [2.45, 2.75) is 18.2 Å². The summed E-state index contributed by atoms with van der Waals surface area (Å²) in [4.78, 5) is 14.5. The molecule has 0 saturated carbocycles. The predicted octanol–water partition coefficient (Wildman–Crippen LogP) is 1.02. The van der Waals surface area contributed by atoms with Gasteiger partial charge in [-0.3, -0.25) is 4.79 Å². The molecule has 0 radical (unpaired) electrons. The van der Waals surface area contributed by atoms with E-state index in [0.29, 0.717) is 6.42 Å². The van der Waals surface area contributed by atoms with Crippen molar-refractivity contribution in [3.05, 3.63) is 23.0 Å². The fourth-order valence-corrected chi connectivity index (χ4v) is 2.85. The van der Waals surface area contributed by atoms with E-state index in [1.54, 1.807) is 6.92 Å².